The quantitative estimate of drug-likeness (QED) is 0.515. The van der Waals surface area contributed by atoms with E-state index in [-0.39, 0.29) is 11.5 Å². The van der Waals surface area contributed by atoms with E-state index in [1.165, 1.54) is 11.3 Å². The minimum absolute atomic E-state index is 0.149. The molecule has 1 aromatic rings. The van der Waals surface area contributed by atoms with Gasteiger partial charge in [0.05, 0.1) is 0 Å². The number of hydrogen-bond acceptors (Lipinski definition) is 3. The van der Waals surface area contributed by atoms with Crippen molar-refractivity contribution in [1.82, 2.24) is 5.32 Å². The molecule has 0 radical (unpaired) electrons. The van der Waals surface area contributed by atoms with Crippen LogP contribution in [0, 0.1) is 11.3 Å². The Bertz CT molecular complexity index is 459. The Labute approximate surface area is 113 Å². The lowest BCUT2D eigenvalue weighted by Gasteiger charge is -2.01. The zero-order valence-electron chi connectivity index (χ0n) is 9.50. The van der Waals surface area contributed by atoms with Crippen molar-refractivity contribution < 1.29 is 4.79 Å². The highest BCUT2D eigenvalue weighted by Gasteiger charge is 2.08. The standard InChI is InChI=1S/C12H13BrN2OS/c1-2-3-4-15-12(16)9(7-14)5-11-6-10(13)8-17-11/h5-6,8H,2-4H2,1H3,(H,15,16)/b9-5+. The van der Waals surface area contributed by atoms with E-state index in [1.54, 1.807) is 6.08 Å². The third kappa shape index (κ3) is 4.72. The topological polar surface area (TPSA) is 52.9 Å². The Balaban J connectivity index is 2.68. The van der Waals surface area contributed by atoms with Crippen molar-refractivity contribution in [3.63, 3.8) is 0 Å². The first kappa shape index (κ1) is 13.9. The molecular formula is C12H13BrN2OS. The second-order valence-electron chi connectivity index (χ2n) is 3.45. The van der Waals surface area contributed by atoms with E-state index >= 15 is 0 Å². The van der Waals surface area contributed by atoms with Crippen LogP contribution in [-0.4, -0.2) is 12.5 Å². The lowest BCUT2D eigenvalue weighted by Crippen LogP contribution is -2.25. The van der Waals surface area contributed by atoms with Crippen LogP contribution < -0.4 is 5.32 Å². The molecule has 17 heavy (non-hydrogen) atoms. The molecule has 1 N–H and O–H groups in total. The summed E-state index contributed by atoms with van der Waals surface area (Å²) in [6, 6.07) is 3.80. The van der Waals surface area contributed by atoms with Gasteiger partial charge in [-0.3, -0.25) is 4.79 Å². The van der Waals surface area contributed by atoms with Gasteiger partial charge in [-0.15, -0.1) is 11.3 Å². The molecule has 1 amide bonds. The maximum atomic E-state index is 11.7. The van der Waals surface area contributed by atoms with E-state index in [9.17, 15) is 4.79 Å². The smallest absolute Gasteiger partial charge is 0.261 e. The molecule has 5 heteroatoms. The monoisotopic (exact) mass is 312 g/mol. The van der Waals surface area contributed by atoms with Gasteiger partial charge in [-0.1, -0.05) is 13.3 Å². The van der Waals surface area contributed by atoms with E-state index in [0.717, 1.165) is 22.2 Å². The number of carbonyl (C=O) groups is 1. The largest absolute Gasteiger partial charge is 0.351 e. The number of carbonyl (C=O) groups excluding carboxylic acids is 1. The lowest BCUT2D eigenvalue weighted by atomic mass is 10.2. The number of hydrogen-bond donors (Lipinski definition) is 1. The summed E-state index contributed by atoms with van der Waals surface area (Å²) in [6.07, 6.45) is 3.55. The molecule has 0 saturated carbocycles. The molecule has 0 aromatic carbocycles. The number of nitrogens with one attached hydrogen (secondary N) is 1. The van der Waals surface area contributed by atoms with Crippen molar-refractivity contribution >= 4 is 39.2 Å². The number of nitrogens with zero attached hydrogens (tertiary/aromatic N) is 1. The van der Waals surface area contributed by atoms with Gasteiger partial charge < -0.3 is 5.32 Å². The highest BCUT2D eigenvalue weighted by Crippen LogP contribution is 2.21. The normalized spacial score (nSPS) is 11.0. The van der Waals surface area contributed by atoms with Crippen LogP contribution in [0.25, 0.3) is 6.08 Å². The van der Waals surface area contributed by atoms with Gasteiger partial charge in [-0.2, -0.15) is 5.26 Å². The average Bonchev–Trinajstić information content (AvgIpc) is 2.72. The molecule has 3 nitrogen and oxygen atoms in total. The number of thiophene rings is 1. The van der Waals surface area contributed by atoms with E-state index in [4.69, 9.17) is 5.26 Å². The maximum Gasteiger partial charge on any atom is 0.261 e. The lowest BCUT2D eigenvalue weighted by molar-refractivity contribution is -0.117. The molecule has 0 bridgehead atoms. The van der Waals surface area contributed by atoms with Gasteiger partial charge in [-0.25, -0.2) is 0 Å². The number of halogens is 1. The average molecular weight is 313 g/mol. The fourth-order valence-electron chi connectivity index (χ4n) is 1.17. The summed E-state index contributed by atoms with van der Waals surface area (Å²) in [5, 5.41) is 13.6. The van der Waals surface area contributed by atoms with Gasteiger partial charge in [0.1, 0.15) is 11.6 Å². The van der Waals surface area contributed by atoms with Crippen LogP contribution in [0.3, 0.4) is 0 Å². The van der Waals surface area contributed by atoms with Crippen LogP contribution in [0.15, 0.2) is 21.5 Å². The van der Waals surface area contributed by atoms with Crippen LogP contribution in [0.4, 0.5) is 0 Å². The van der Waals surface area contributed by atoms with Crippen molar-refractivity contribution in [2.24, 2.45) is 0 Å². The molecule has 0 saturated heterocycles. The zero-order valence-corrected chi connectivity index (χ0v) is 11.9. The second kappa shape index (κ2) is 7.25. The van der Waals surface area contributed by atoms with E-state index in [2.05, 4.69) is 28.2 Å². The van der Waals surface area contributed by atoms with Crippen LogP contribution >= 0.6 is 27.3 Å². The van der Waals surface area contributed by atoms with Gasteiger partial charge in [0.15, 0.2) is 0 Å². The van der Waals surface area contributed by atoms with Crippen molar-refractivity contribution in [2.75, 3.05) is 6.54 Å². The predicted octanol–water partition coefficient (Wildman–Crippen LogP) is 3.33. The molecule has 0 spiro atoms. The first-order valence-corrected chi connectivity index (χ1v) is 6.98. The van der Waals surface area contributed by atoms with Gasteiger partial charge >= 0.3 is 0 Å². The molecule has 90 valence electrons. The van der Waals surface area contributed by atoms with Crippen molar-refractivity contribution in [1.29, 1.82) is 5.26 Å². The Morgan fingerprint density at radius 3 is 3.00 bits per heavy atom. The summed E-state index contributed by atoms with van der Waals surface area (Å²) < 4.78 is 0.956. The van der Waals surface area contributed by atoms with Gasteiger partial charge in [0.2, 0.25) is 0 Å². The molecule has 0 unspecified atom stereocenters. The molecule has 1 heterocycles. The van der Waals surface area contributed by atoms with Gasteiger partial charge in [0, 0.05) is 21.3 Å². The molecule has 1 rings (SSSR count). The highest BCUT2D eigenvalue weighted by molar-refractivity contribution is 9.10. The molecule has 0 fully saturated rings. The number of nitriles is 1. The highest BCUT2D eigenvalue weighted by atomic mass is 79.9. The summed E-state index contributed by atoms with van der Waals surface area (Å²) in [5.41, 5.74) is 0.149. The number of unbranched alkanes of at least 4 members (excludes halogenated alkanes) is 1. The maximum absolute atomic E-state index is 11.7. The molecule has 0 aliphatic heterocycles. The van der Waals surface area contributed by atoms with Crippen LogP contribution in [0.1, 0.15) is 24.6 Å². The number of rotatable bonds is 5. The van der Waals surface area contributed by atoms with Crippen LogP contribution in [0.2, 0.25) is 0 Å². The Morgan fingerprint density at radius 2 is 2.47 bits per heavy atom. The summed E-state index contributed by atoms with van der Waals surface area (Å²) >= 11 is 4.81. The van der Waals surface area contributed by atoms with Crippen LogP contribution in [0.5, 0.6) is 0 Å². The zero-order chi connectivity index (χ0) is 12.7. The van der Waals surface area contributed by atoms with Crippen molar-refractivity contribution in [3.8, 4) is 6.07 Å². The van der Waals surface area contributed by atoms with Crippen molar-refractivity contribution in [2.45, 2.75) is 19.8 Å². The first-order valence-electron chi connectivity index (χ1n) is 5.31. The number of amides is 1. The Kier molecular flexibility index (Phi) is 5.95. The molecule has 0 atom stereocenters. The van der Waals surface area contributed by atoms with Gasteiger partial charge in [-0.05, 0) is 34.5 Å². The van der Waals surface area contributed by atoms with E-state index in [0.29, 0.717) is 6.54 Å². The summed E-state index contributed by atoms with van der Waals surface area (Å²) in [4.78, 5) is 12.5. The third-order valence-corrected chi connectivity index (χ3v) is 3.70. The Hall–Kier alpha value is -1.12. The first-order chi connectivity index (χ1) is 8.17. The summed E-state index contributed by atoms with van der Waals surface area (Å²) in [7, 11) is 0. The fourth-order valence-corrected chi connectivity index (χ4v) is 2.54. The second-order valence-corrected chi connectivity index (χ2v) is 5.31. The third-order valence-electron chi connectivity index (χ3n) is 2.06. The Morgan fingerprint density at radius 1 is 1.71 bits per heavy atom. The molecule has 0 aliphatic carbocycles. The minimum Gasteiger partial charge on any atom is -0.351 e. The van der Waals surface area contributed by atoms with Gasteiger partial charge in [0.25, 0.3) is 5.91 Å². The molecule has 1 aromatic heterocycles. The van der Waals surface area contributed by atoms with Crippen LogP contribution in [-0.2, 0) is 4.79 Å². The van der Waals surface area contributed by atoms with E-state index < -0.39 is 0 Å². The SMILES string of the molecule is CCCCNC(=O)/C(C#N)=C/c1cc(Br)cs1. The summed E-state index contributed by atoms with van der Waals surface area (Å²) in [6.45, 7) is 2.67. The van der Waals surface area contributed by atoms with E-state index in [1.807, 2.05) is 17.5 Å². The minimum atomic E-state index is -0.300. The predicted molar refractivity (Wildman–Crippen MR) is 73.5 cm³/mol. The molecular weight excluding hydrogens is 300 g/mol. The molecule has 0 aliphatic rings. The fraction of sp³-hybridized carbons (Fsp3) is 0.333. The summed E-state index contributed by atoms with van der Waals surface area (Å²) in [5.74, 6) is -0.300. The van der Waals surface area contributed by atoms with Crippen molar-refractivity contribution in [3.05, 3.63) is 26.4 Å².